The number of rotatable bonds is 4. The predicted octanol–water partition coefficient (Wildman–Crippen LogP) is 6.08. The van der Waals surface area contributed by atoms with Crippen LogP contribution in [0.3, 0.4) is 0 Å². The lowest BCUT2D eigenvalue weighted by Crippen LogP contribution is -1.97. The van der Waals surface area contributed by atoms with Gasteiger partial charge in [0, 0.05) is 17.3 Å². The van der Waals surface area contributed by atoms with Crippen LogP contribution in [0.4, 0.5) is 0 Å². The number of hydrogen-bond donors (Lipinski definition) is 0. The Morgan fingerprint density at radius 2 is 1.25 bits per heavy atom. The van der Waals surface area contributed by atoms with Crippen molar-refractivity contribution in [3.8, 4) is 11.4 Å². The summed E-state index contributed by atoms with van der Waals surface area (Å²) < 4.78 is 0. The number of thioether (sulfide) groups is 1. The summed E-state index contributed by atoms with van der Waals surface area (Å²) in [6, 6.07) is 26.1. The molecular weight excluding hydrogens is 414 g/mol. The van der Waals surface area contributed by atoms with Crippen LogP contribution in [0.15, 0.2) is 96.3 Å². The molecule has 0 bridgehead atoms. The fraction of sp³-hybridized carbons (Fsp3) is 0.0385. The van der Waals surface area contributed by atoms with E-state index >= 15 is 0 Å². The molecule has 32 heavy (non-hydrogen) atoms. The van der Waals surface area contributed by atoms with Gasteiger partial charge in [-0.1, -0.05) is 54.2 Å². The van der Waals surface area contributed by atoms with Crippen molar-refractivity contribution >= 4 is 44.7 Å². The zero-order valence-corrected chi connectivity index (χ0v) is 17.8. The Labute approximate surface area is 188 Å². The average molecular weight is 432 g/mol. The first-order chi connectivity index (χ1) is 15.8. The number of fused-ring (bicyclic) bond motifs is 3. The maximum atomic E-state index is 4.94. The molecule has 6 aromatic rings. The van der Waals surface area contributed by atoms with Crippen LogP contribution < -0.4 is 0 Å². The fourth-order valence-electron chi connectivity index (χ4n) is 3.75. The number of hydrogen-bond acceptors (Lipinski definition) is 6. The van der Waals surface area contributed by atoms with E-state index in [9.17, 15) is 0 Å². The molecule has 0 spiro atoms. The molecule has 0 amide bonds. The topological polar surface area (TPSA) is 64.5 Å². The molecule has 0 saturated carbocycles. The second kappa shape index (κ2) is 7.98. The molecule has 0 saturated heterocycles. The maximum absolute atomic E-state index is 4.94. The van der Waals surface area contributed by atoms with Crippen LogP contribution in [-0.4, -0.2) is 24.9 Å². The molecule has 0 unspecified atom stereocenters. The minimum absolute atomic E-state index is 0.726. The highest BCUT2D eigenvalue weighted by Gasteiger charge is 2.15. The smallest absolute Gasteiger partial charge is 0.125 e. The minimum Gasteiger partial charge on any atom is -0.256 e. The zero-order valence-electron chi connectivity index (χ0n) is 17.0. The Morgan fingerprint density at radius 1 is 0.594 bits per heavy atom. The number of pyridine rings is 1. The SMILES string of the molecule is c1ccc2nc(-c3nc4ccccc4nc3SCc3ccnc4ccccc34)cnc2c1. The summed E-state index contributed by atoms with van der Waals surface area (Å²) in [5, 5.41) is 2.00. The van der Waals surface area contributed by atoms with E-state index < -0.39 is 0 Å². The first kappa shape index (κ1) is 18.8. The molecule has 0 aliphatic heterocycles. The number of aromatic nitrogens is 5. The van der Waals surface area contributed by atoms with Crippen LogP contribution in [0.2, 0.25) is 0 Å². The van der Waals surface area contributed by atoms with Crippen LogP contribution in [0.1, 0.15) is 5.56 Å². The average Bonchev–Trinajstić information content (AvgIpc) is 2.86. The molecule has 3 aromatic heterocycles. The quantitative estimate of drug-likeness (QED) is 0.315. The van der Waals surface area contributed by atoms with Gasteiger partial charge in [0.15, 0.2) is 0 Å². The normalized spacial score (nSPS) is 11.4. The van der Waals surface area contributed by atoms with Gasteiger partial charge in [-0.3, -0.25) is 9.97 Å². The van der Waals surface area contributed by atoms with Gasteiger partial charge in [0.05, 0.1) is 33.8 Å². The number of benzene rings is 3. The van der Waals surface area contributed by atoms with Gasteiger partial charge in [-0.15, -0.1) is 0 Å². The third-order valence-corrected chi connectivity index (χ3v) is 6.35. The molecule has 6 heteroatoms. The first-order valence-corrected chi connectivity index (χ1v) is 11.3. The van der Waals surface area contributed by atoms with Gasteiger partial charge in [-0.2, -0.15) is 0 Å². The van der Waals surface area contributed by atoms with E-state index in [4.69, 9.17) is 15.0 Å². The molecule has 152 valence electrons. The molecule has 0 aliphatic carbocycles. The van der Waals surface area contributed by atoms with Crippen LogP contribution in [0, 0.1) is 0 Å². The van der Waals surface area contributed by atoms with E-state index in [0.29, 0.717) is 0 Å². The van der Waals surface area contributed by atoms with E-state index in [2.05, 4.69) is 22.1 Å². The molecule has 6 rings (SSSR count). The van der Waals surface area contributed by atoms with Crippen molar-refractivity contribution in [2.75, 3.05) is 0 Å². The van der Waals surface area contributed by atoms with Gasteiger partial charge >= 0.3 is 0 Å². The highest BCUT2D eigenvalue weighted by Crippen LogP contribution is 2.33. The summed E-state index contributed by atoms with van der Waals surface area (Å²) in [6.07, 6.45) is 3.65. The summed E-state index contributed by atoms with van der Waals surface area (Å²) in [4.78, 5) is 23.8. The van der Waals surface area contributed by atoms with E-state index in [1.165, 1.54) is 5.56 Å². The summed E-state index contributed by atoms with van der Waals surface area (Å²) in [6.45, 7) is 0. The van der Waals surface area contributed by atoms with Gasteiger partial charge in [0.1, 0.15) is 16.4 Å². The summed E-state index contributed by atoms with van der Waals surface area (Å²) in [7, 11) is 0. The standard InChI is InChI=1S/C26H17N5S/c1-2-8-19-18(7-1)17(13-14-27-19)16-32-26-25(30-22-11-5-6-12-23(22)31-26)24-15-28-20-9-3-4-10-21(20)29-24/h1-15H,16H2. The van der Waals surface area contributed by atoms with E-state index in [-0.39, 0.29) is 0 Å². The molecule has 0 N–H and O–H groups in total. The van der Waals surface area contributed by atoms with Crippen molar-refractivity contribution in [2.24, 2.45) is 0 Å². The molecule has 0 aliphatic rings. The Hall–Kier alpha value is -3.90. The lowest BCUT2D eigenvalue weighted by molar-refractivity contribution is 1.10. The van der Waals surface area contributed by atoms with Crippen molar-refractivity contribution in [1.29, 1.82) is 0 Å². The Kier molecular flexibility index (Phi) is 4.70. The molecule has 5 nitrogen and oxygen atoms in total. The fourth-order valence-corrected chi connectivity index (χ4v) is 4.74. The third-order valence-electron chi connectivity index (χ3n) is 5.33. The second-order valence-electron chi connectivity index (χ2n) is 7.39. The summed E-state index contributed by atoms with van der Waals surface area (Å²) >= 11 is 1.66. The van der Waals surface area contributed by atoms with Crippen molar-refractivity contribution in [2.45, 2.75) is 10.8 Å². The van der Waals surface area contributed by atoms with Gasteiger partial charge in [-0.05, 0) is 42.0 Å². The van der Waals surface area contributed by atoms with Crippen molar-refractivity contribution in [1.82, 2.24) is 24.9 Å². The Morgan fingerprint density at radius 3 is 2.06 bits per heavy atom. The van der Waals surface area contributed by atoms with Gasteiger partial charge in [-0.25, -0.2) is 15.0 Å². The molecule has 3 heterocycles. The van der Waals surface area contributed by atoms with Crippen LogP contribution in [0.25, 0.3) is 44.4 Å². The first-order valence-electron chi connectivity index (χ1n) is 10.3. The van der Waals surface area contributed by atoms with Gasteiger partial charge < -0.3 is 0 Å². The minimum atomic E-state index is 0.726. The summed E-state index contributed by atoms with van der Waals surface area (Å²) in [5.74, 6) is 0.754. The van der Waals surface area contributed by atoms with Crippen molar-refractivity contribution in [3.63, 3.8) is 0 Å². The third kappa shape index (κ3) is 3.44. The molecule has 0 fully saturated rings. The van der Waals surface area contributed by atoms with Gasteiger partial charge in [0.25, 0.3) is 0 Å². The van der Waals surface area contributed by atoms with Crippen molar-refractivity contribution < 1.29 is 0 Å². The molecular formula is C26H17N5S. The van der Waals surface area contributed by atoms with E-state index in [0.717, 1.165) is 55.1 Å². The number of para-hydroxylation sites is 5. The monoisotopic (exact) mass is 431 g/mol. The Balaban J connectivity index is 1.46. The second-order valence-corrected chi connectivity index (χ2v) is 8.35. The van der Waals surface area contributed by atoms with Crippen LogP contribution in [0.5, 0.6) is 0 Å². The lowest BCUT2D eigenvalue weighted by Gasteiger charge is -2.11. The highest BCUT2D eigenvalue weighted by molar-refractivity contribution is 7.98. The van der Waals surface area contributed by atoms with E-state index in [1.54, 1.807) is 18.0 Å². The van der Waals surface area contributed by atoms with Crippen LogP contribution in [-0.2, 0) is 5.75 Å². The Bertz CT molecular complexity index is 1590. The zero-order chi connectivity index (χ0) is 21.3. The highest BCUT2D eigenvalue weighted by atomic mass is 32.2. The van der Waals surface area contributed by atoms with Gasteiger partial charge in [0.2, 0.25) is 0 Å². The molecule has 3 aromatic carbocycles. The number of nitrogens with zero attached hydrogens (tertiary/aromatic N) is 5. The maximum Gasteiger partial charge on any atom is 0.125 e. The predicted molar refractivity (Wildman–Crippen MR) is 129 cm³/mol. The lowest BCUT2D eigenvalue weighted by atomic mass is 10.1. The molecule has 0 radical (unpaired) electrons. The van der Waals surface area contributed by atoms with E-state index in [1.807, 2.05) is 72.9 Å². The van der Waals surface area contributed by atoms with Crippen molar-refractivity contribution in [3.05, 3.63) is 96.8 Å². The molecule has 0 atom stereocenters. The largest absolute Gasteiger partial charge is 0.256 e. The van der Waals surface area contributed by atoms with Crippen LogP contribution >= 0.6 is 11.8 Å². The summed E-state index contributed by atoms with van der Waals surface area (Å²) in [5.41, 5.74) is 7.11.